The normalized spacial score (nSPS) is 21.1. The molecule has 3 heterocycles. The van der Waals surface area contributed by atoms with Crippen molar-refractivity contribution in [1.29, 1.82) is 0 Å². The van der Waals surface area contributed by atoms with E-state index in [2.05, 4.69) is 16.5 Å². The summed E-state index contributed by atoms with van der Waals surface area (Å²) in [6.45, 7) is 6.62. The molecule has 1 aromatic heterocycles. The zero-order valence-corrected chi connectivity index (χ0v) is 12.0. The van der Waals surface area contributed by atoms with Crippen molar-refractivity contribution < 1.29 is 9.18 Å². The number of anilines is 1. The van der Waals surface area contributed by atoms with Crippen molar-refractivity contribution in [2.24, 2.45) is 5.41 Å². The molecule has 0 N–H and O–H groups in total. The highest BCUT2D eigenvalue weighted by atomic mass is 19.1. The second kappa shape index (κ2) is 5.42. The maximum absolute atomic E-state index is 12.9. The number of piperidine rings is 1. The number of amides is 1. The Morgan fingerprint density at radius 3 is 2.48 bits per heavy atom. The third-order valence-electron chi connectivity index (χ3n) is 4.56. The summed E-state index contributed by atoms with van der Waals surface area (Å²) in [4.78, 5) is 24.5. The Bertz CT molecular complexity index is 537. The lowest BCUT2D eigenvalue weighted by atomic mass is 9.77. The number of hydrogen-bond acceptors (Lipinski definition) is 4. The number of likely N-dealkylation sites (tertiary alicyclic amines) is 1. The molecule has 0 aromatic carbocycles. The van der Waals surface area contributed by atoms with E-state index in [0.717, 1.165) is 38.9 Å². The van der Waals surface area contributed by atoms with E-state index in [1.54, 1.807) is 6.08 Å². The highest BCUT2D eigenvalue weighted by Gasteiger charge is 2.47. The van der Waals surface area contributed by atoms with Gasteiger partial charge in [-0.15, -0.1) is 6.58 Å². The molecule has 2 saturated heterocycles. The summed E-state index contributed by atoms with van der Waals surface area (Å²) in [5, 5.41) is 0. The highest BCUT2D eigenvalue weighted by molar-refractivity contribution is 5.85. The van der Waals surface area contributed by atoms with Gasteiger partial charge in [0, 0.05) is 26.2 Å². The van der Waals surface area contributed by atoms with Crippen LogP contribution in [0.25, 0.3) is 0 Å². The zero-order valence-electron chi connectivity index (χ0n) is 12.0. The maximum atomic E-state index is 12.9. The van der Waals surface area contributed by atoms with Gasteiger partial charge in [0.15, 0.2) is 5.82 Å². The first-order valence-electron chi connectivity index (χ1n) is 7.27. The Balaban J connectivity index is 1.66. The first-order valence-corrected chi connectivity index (χ1v) is 7.27. The van der Waals surface area contributed by atoms with E-state index in [9.17, 15) is 9.18 Å². The molecule has 2 aliphatic rings. The van der Waals surface area contributed by atoms with E-state index < -0.39 is 5.82 Å². The minimum Gasteiger partial charge on any atom is -0.341 e. The second-order valence-electron chi connectivity index (χ2n) is 5.76. The van der Waals surface area contributed by atoms with Crippen molar-refractivity contribution in [3.63, 3.8) is 0 Å². The lowest BCUT2D eigenvalue weighted by molar-refractivity contribution is -0.136. The smallest absolute Gasteiger partial charge is 0.229 e. The van der Waals surface area contributed by atoms with Crippen molar-refractivity contribution in [2.45, 2.75) is 19.3 Å². The molecule has 2 aliphatic heterocycles. The molecule has 5 nitrogen and oxygen atoms in total. The van der Waals surface area contributed by atoms with Gasteiger partial charge in [0.25, 0.3) is 0 Å². The van der Waals surface area contributed by atoms with Gasteiger partial charge in [-0.25, -0.2) is 14.4 Å². The lowest BCUT2D eigenvalue weighted by Crippen LogP contribution is -2.45. The molecular weight excluding hydrogens is 271 g/mol. The van der Waals surface area contributed by atoms with E-state index in [1.165, 1.54) is 12.4 Å². The van der Waals surface area contributed by atoms with Crippen molar-refractivity contribution in [3.8, 4) is 0 Å². The van der Waals surface area contributed by atoms with Gasteiger partial charge >= 0.3 is 0 Å². The molecule has 0 saturated carbocycles. The van der Waals surface area contributed by atoms with E-state index in [0.29, 0.717) is 12.5 Å². The van der Waals surface area contributed by atoms with Gasteiger partial charge in [-0.05, 0) is 19.3 Å². The number of halogens is 1. The first kappa shape index (κ1) is 14.0. The van der Waals surface area contributed by atoms with Crippen LogP contribution in [0.1, 0.15) is 19.3 Å². The molecule has 0 bridgehead atoms. The fourth-order valence-electron chi connectivity index (χ4n) is 3.29. The monoisotopic (exact) mass is 290 g/mol. The summed E-state index contributed by atoms with van der Waals surface area (Å²) >= 11 is 0. The summed E-state index contributed by atoms with van der Waals surface area (Å²) in [6.07, 6.45) is 6.66. The SMILES string of the molecule is C=CCN1CCC2(CCN(c3ncc(F)cn3)CC2)C1=O. The lowest BCUT2D eigenvalue weighted by Gasteiger charge is -2.37. The zero-order chi connectivity index (χ0) is 14.9. The molecule has 112 valence electrons. The van der Waals surface area contributed by atoms with Crippen LogP contribution in [0.4, 0.5) is 10.3 Å². The molecule has 0 radical (unpaired) electrons. The molecule has 21 heavy (non-hydrogen) atoms. The van der Waals surface area contributed by atoms with Gasteiger partial charge in [0.2, 0.25) is 11.9 Å². The van der Waals surface area contributed by atoms with Crippen LogP contribution in [0.2, 0.25) is 0 Å². The van der Waals surface area contributed by atoms with Gasteiger partial charge in [0.05, 0.1) is 17.8 Å². The summed E-state index contributed by atoms with van der Waals surface area (Å²) in [5.74, 6) is 0.361. The average Bonchev–Trinajstić information content (AvgIpc) is 2.79. The Morgan fingerprint density at radius 1 is 1.24 bits per heavy atom. The fraction of sp³-hybridized carbons (Fsp3) is 0.533. The molecule has 0 unspecified atom stereocenters. The summed E-state index contributed by atoms with van der Waals surface area (Å²) in [6, 6.07) is 0. The third kappa shape index (κ3) is 2.50. The molecule has 1 amide bonds. The third-order valence-corrected chi connectivity index (χ3v) is 4.56. The molecule has 3 rings (SSSR count). The summed E-state index contributed by atoms with van der Waals surface area (Å²) in [7, 11) is 0. The number of aromatic nitrogens is 2. The molecule has 6 heteroatoms. The van der Waals surface area contributed by atoms with Crippen LogP contribution in [0.15, 0.2) is 25.0 Å². The van der Waals surface area contributed by atoms with E-state index in [-0.39, 0.29) is 11.3 Å². The second-order valence-corrected chi connectivity index (χ2v) is 5.76. The Morgan fingerprint density at radius 2 is 1.86 bits per heavy atom. The minimum atomic E-state index is -0.432. The van der Waals surface area contributed by atoms with Crippen LogP contribution in [0.5, 0.6) is 0 Å². The standard InChI is InChI=1S/C15H19FN4O/c1-2-6-19-7-3-15(13(19)21)4-8-20(9-5-15)14-17-10-12(16)11-18-14/h2,10-11H,1,3-9H2. The van der Waals surface area contributed by atoms with Crippen LogP contribution in [0, 0.1) is 11.2 Å². The summed E-state index contributed by atoms with van der Waals surface area (Å²) < 4.78 is 12.9. The predicted molar refractivity (Wildman–Crippen MR) is 77.3 cm³/mol. The number of nitrogens with zero attached hydrogens (tertiary/aromatic N) is 4. The van der Waals surface area contributed by atoms with Crippen LogP contribution < -0.4 is 4.90 Å². The van der Waals surface area contributed by atoms with Gasteiger partial charge < -0.3 is 9.80 Å². The molecule has 1 spiro atoms. The van der Waals surface area contributed by atoms with Crippen LogP contribution in [0.3, 0.4) is 0 Å². The number of hydrogen-bond donors (Lipinski definition) is 0. The quantitative estimate of drug-likeness (QED) is 0.794. The van der Waals surface area contributed by atoms with Gasteiger partial charge in [-0.3, -0.25) is 4.79 Å². The van der Waals surface area contributed by atoms with Crippen molar-refractivity contribution in [1.82, 2.24) is 14.9 Å². The minimum absolute atomic E-state index is 0.223. The summed E-state index contributed by atoms with van der Waals surface area (Å²) in [5.41, 5.74) is -0.223. The largest absolute Gasteiger partial charge is 0.341 e. The number of rotatable bonds is 3. The number of carbonyl (C=O) groups excluding carboxylic acids is 1. The van der Waals surface area contributed by atoms with Crippen molar-refractivity contribution in [3.05, 3.63) is 30.9 Å². The highest BCUT2D eigenvalue weighted by Crippen LogP contribution is 2.41. The van der Waals surface area contributed by atoms with Gasteiger partial charge in [-0.2, -0.15) is 0 Å². The van der Waals surface area contributed by atoms with Crippen LogP contribution in [-0.4, -0.2) is 47.0 Å². The molecule has 0 atom stereocenters. The van der Waals surface area contributed by atoms with E-state index >= 15 is 0 Å². The predicted octanol–water partition coefficient (Wildman–Crippen LogP) is 1.62. The van der Waals surface area contributed by atoms with Crippen molar-refractivity contribution >= 4 is 11.9 Å². The Kier molecular flexibility index (Phi) is 3.61. The van der Waals surface area contributed by atoms with Crippen LogP contribution in [-0.2, 0) is 4.79 Å². The molecular formula is C15H19FN4O. The average molecular weight is 290 g/mol. The molecule has 0 aliphatic carbocycles. The fourth-order valence-corrected chi connectivity index (χ4v) is 3.29. The van der Waals surface area contributed by atoms with E-state index in [1.807, 2.05) is 9.80 Å². The van der Waals surface area contributed by atoms with Crippen LogP contribution >= 0.6 is 0 Å². The Hall–Kier alpha value is -1.98. The first-order chi connectivity index (χ1) is 10.1. The molecule has 1 aromatic rings. The number of carbonyl (C=O) groups is 1. The van der Waals surface area contributed by atoms with Crippen molar-refractivity contribution in [2.75, 3.05) is 31.1 Å². The Labute approximate surface area is 123 Å². The van der Waals surface area contributed by atoms with Gasteiger partial charge in [0.1, 0.15) is 0 Å². The van der Waals surface area contributed by atoms with E-state index in [4.69, 9.17) is 0 Å². The molecule has 2 fully saturated rings. The topological polar surface area (TPSA) is 49.3 Å². The maximum Gasteiger partial charge on any atom is 0.229 e. The van der Waals surface area contributed by atoms with Gasteiger partial charge in [-0.1, -0.05) is 6.08 Å².